The van der Waals surface area contributed by atoms with Crippen LogP contribution in [-0.2, 0) is 25.7 Å². The third-order valence-electron chi connectivity index (χ3n) is 10.6. The highest BCUT2D eigenvalue weighted by molar-refractivity contribution is 5.79. The summed E-state index contributed by atoms with van der Waals surface area (Å²) < 4.78 is 6.57. The molecule has 0 atom stereocenters. The van der Waals surface area contributed by atoms with Crippen molar-refractivity contribution in [2.75, 3.05) is 0 Å². The lowest BCUT2D eigenvalue weighted by atomic mass is 9.81. The van der Waals surface area contributed by atoms with E-state index in [9.17, 15) is 0 Å². The molecule has 9 rings (SSSR count). The number of rotatable bonds is 6. The molecule has 0 N–H and O–H groups in total. The van der Waals surface area contributed by atoms with Crippen LogP contribution in [0.1, 0.15) is 33.4 Å². The first-order valence-corrected chi connectivity index (χ1v) is 17.6. The maximum absolute atomic E-state index is 6.57. The molecule has 5 aromatic carbocycles. The van der Waals surface area contributed by atoms with E-state index >= 15 is 0 Å². The largest absolute Gasteiger partial charge is 0.421 e. The van der Waals surface area contributed by atoms with Crippen molar-refractivity contribution >= 4 is 0 Å². The van der Waals surface area contributed by atoms with Crippen molar-refractivity contribution in [3.8, 4) is 56.5 Å². The molecule has 0 amide bonds. The van der Waals surface area contributed by atoms with Gasteiger partial charge in [-0.05, 0) is 113 Å². The van der Waals surface area contributed by atoms with Gasteiger partial charge in [-0.1, -0.05) is 121 Å². The van der Waals surface area contributed by atoms with E-state index in [1.807, 2.05) is 30.3 Å². The van der Waals surface area contributed by atoms with Gasteiger partial charge in [0.25, 0.3) is 0 Å². The molecule has 2 aliphatic carbocycles. The van der Waals surface area contributed by atoms with E-state index in [1.165, 1.54) is 55.6 Å². The lowest BCUT2D eigenvalue weighted by Crippen LogP contribution is -2.21. The Kier molecular flexibility index (Phi) is 7.43. The summed E-state index contributed by atoms with van der Waals surface area (Å²) in [7, 11) is 0. The molecule has 0 saturated carbocycles. The van der Waals surface area contributed by atoms with E-state index in [0.717, 1.165) is 48.2 Å². The van der Waals surface area contributed by atoms with Crippen molar-refractivity contribution in [1.82, 2.24) is 9.97 Å². The minimum Gasteiger partial charge on any atom is -0.421 e. The van der Waals surface area contributed by atoms with Crippen LogP contribution in [-0.4, -0.2) is 9.97 Å². The van der Waals surface area contributed by atoms with Crippen LogP contribution in [0.15, 0.2) is 146 Å². The lowest BCUT2D eigenvalue weighted by molar-refractivity contribution is 0.327. The Morgan fingerprint density at radius 1 is 0.460 bits per heavy atom. The highest BCUT2D eigenvalue weighted by Crippen LogP contribution is 2.49. The van der Waals surface area contributed by atoms with Gasteiger partial charge < -0.3 is 4.74 Å². The smallest absolute Gasteiger partial charge is 0.222 e. The molecule has 0 aliphatic heterocycles. The van der Waals surface area contributed by atoms with E-state index in [0.29, 0.717) is 11.8 Å². The zero-order valence-corrected chi connectivity index (χ0v) is 28.5. The summed E-state index contributed by atoms with van der Waals surface area (Å²) in [6.07, 6.45) is 4.48. The Hall–Kier alpha value is -5.80. The summed E-state index contributed by atoms with van der Waals surface area (Å²) in [5, 5.41) is 0. The van der Waals surface area contributed by atoms with E-state index in [-0.39, 0.29) is 5.41 Å². The molecule has 0 unspecified atom stereocenters. The molecule has 1 spiro atoms. The lowest BCUT2D eigenvalue weighted by Gasteiger charge is -2.22. The third kappa shape index (κ3) is 5.59. The minimum atomic E-state index is 0.268. The van der Waals surface area contributed by atoms with Crippen molar-refractivity contribution in [3.05, 3.63) is 179 Å². The number of fused-ring (bicyclic) bond motifs is 2. The summed E-state index contributed by atoms with van der Waals surface area (Å²) in [6, 6.07) is 51.5. The molecular formula is C47H38N2O. The second-order valence-corrected chi connectivity index (χ2v) is 14.2. The number of pyridine rings is 2. The molecule has 7 aromatic rings. The van der Waals surface area contributed by atoms with Gasteiger partial charge in [0.2, 0.25) is 11.8 Å². The number of hydrogen-bond donors (Lipinski definition) is 0. The van der Waals surface area contributed by atoms with Gasteiger partial charge in [-0.15, -0.1) is 0 Å². The molecule has 2 aliphatic rings. The van der Waals surface area contributed by atoms with E-state index in [1.54, 1.807) is 0 Å². The number of benzene rings is 5. The normalized spacial score (nSPS) is 14.0. The van der Waals surface area contributed by atoms with Gasteiger partial charge in [-0.25, -0.2) is 9.97 Å². The molecular weight excluding hydrogens is 609 g/mol. The summed E-state index contributed by atoms with van der Waals surface area (Å²) in [6.45, 7) is 4.38. The molecule has 2 aromatic heterocycles. The van der Waals surface area contributed by atoms with Crippen molar-refractivity contribution in [3.63, 3.8) is 0 Å². The molecule has 0 saturated heterocycles. The highest BCUT2D eigenvalue weighted by Gasteiger charge is 2.42. The van der Waals surface area contributed by atoms with Crippen molar-refractivity contribution < 1.29 is 4.74 Å². The van der Waals surface area contributed by atoms with Crippen LogP contribution in [0.25, 0.3) is 44.8 Å². The standard InChI is InChI=1S/C47H38N2O/c1-31-23-38(33-13-5-3-6-14-33)24-32(2)46(31)39-25-43(34-15-7-4-8-16-34)49-45(26-39)50-44-22-12-21-42(48-44)40-20-11-19-37-29-47(30-41(37)40)27-35-17-9-10-18-36(35)28-47/h3-26H,27-30H2,1-2H3. The van der Waals surface area contributed by atoms with Crippen molar-refractivity contribution in [2.24, 2.45) is 5.41 Å². The maximum Gasteiger partial charge on any atom is 0.222 e. The average molecular weight is 647 g/mol. The van der Waals surface area contributed by atoms with Crippen LogP contribution in [0.3, 0.4) is 0 Å². The molecule has 2 heterocycles. The fraction of sp³-hybridized carbons (Fsp3) is 0.149. The monoisotopic (exact) mass is 646 g/mol. The molecule has 0 fully saturated rings. The molecule has 3 nitrogen and oxygen atoms in total. The van der Waals surface area contributed by atoms with Gasteiger partial charge in [0, 0.05) is 23.3 Å². The Morgan fingerprint density at radius 3 is 1.78 bits per heavy atom. The number of aromatic nitrogens is 2. The predicted octanol–water partition coefficient (Wildman–Crippen LogP) is 11.4. The van der Waals surface area contributed by atoms with Crippen LogP contribution in [0.4, 0.5) is 0 Å². The molecule has 3 heteroatoms. The SMILES string of the molecule is Cc1cc(-c2ccccc2)cc(C)c1-c1cc(Oc2cccc(-c3cccc4c3CC3(Cc5ccccc5C3)C4)n2)nc(-c2ccccc2)c1. The van der Waals surface area contributed by atoms with Crippen LogP contribution in [0.5, 0.6) is 11.8 Å². The summed E-state index contributed by atoms with van der Waals surface area (Å²) in [5.41, 5.74) is 17.3. The fourth-order valence-corrected chi connectivity index (χ4v) is 8.52. The van der Waals surface area contributed by atoms with Crippen LogP contribution in [0.2, 0.25) is 0 Å². The number of nitrogens with zero attached hydrogens (tertiary/aromatic N) is 2. The van der Waals surface area contributed by atoms with E-state index in [4.69, 9.17) is 14.7 Å². The first kappa shape index (κ1) is 30.3. The Morgan fingerprint density at radius 2 is 1.06 bits per heavy atom. The second-order valence-electron chi connectivity index (χ2n) is 14.2. The zero-order chi connectivity index (χ0) is 33.7. The fourth-order valence-electron chi connectivity index (χ4n) is 8.52. The Labute approximate surface area is 294 Å². The number of aryl methyl sites for hydroxylation is 2. The topological polar surface area (TPSA) is 35.0 Å². The van der Waals surface area contributed by atoms with Crippen molar-refractivity contribution in [2.45, 2.75) is 39.5 Å². The molecule has 50 heavy (non-hydrogen) atoms. The minimum absolute atomic E-state index is 0.268. The summed E-state index contributed by atoms with van der Waals surface area (Å²) >= 11 is 0. The number of ether oxygens (including phenoxy) is 1. The average Bonchev–Trinajstić information content (AvgIpc) is 3.70. The molecule has 242 valence electrons. The zero-order valence-electron chi connectivity index (χ0n) is 28.5. The summed E-state index contributed by atoms with van der Waals surface area (Å²) in [5.74, 6) is 1.07. The van der Waals surface area contributed by atoms with Crippen LogP contribution < -0.4 is 4.74 Å². The van der Waals surface area contributed by atoms with Crippen molar-refractivity contribution in [1.29, 1.82) is 0 Å². The van der Waals surface area contributed by atoms with Gasteiger partial charge in [0.05, 0.1) is 11.4 Å². The van der Waals surface area contributed by atoms with E-state index < -0.39 is 0 Å². The van der Waals surface area contributed by atoms with Gasteiger partial charge in [0.15, 0.2) is 0 Å². The number of hydrogen-bond acceptors (Lipinski definition) is 3. The Balaban J connectivity index is 1.06. The van der Waals surface area contributed by atoms with Gasteiger partial charge in [-0.2, -0.15) is 0 Å². The first-order chi connectivity index (χ1) is 24.5. The maximum atomic E-state index is 6.57. The third-order valence-corrected chi connectivity index (χ3v) is 10.6. The van der Waals surface area contributed by atoms with Crippen LogP contribution >= 0.6 is 0 Å². The summed E-state index contributed by atoms with van der Waals surface area (Å²) in [4.78, 5) is 10.1. The van der Waals surface area contributed by atoms with Crippen LogP contribution in [0, 0.1) is 19.3 Å². The first-order valence-electron chi connectivity index (χ1n) is 17.6. The van der Waals surface area contributed by atoms with Gasteiger partial charge >= 0.3 is 0 Å². The Bertz CT molecular complexity index is 2330. The van der Waals surface area contributed by atoms with Gasteiger partial charge in [-0.3, -0.25) is 0 Å². The van der Waals surface area contributed by atoms with Gasteiger partial charge in [0.1, 0.15) is 0 Å². The molecule has 0 bridgehead atoms. The molecule has 0 radical (unpaired) electrons. The quantitative estimate of drug-likeness (QED) is 0.180. The van der Waals surface area contributed by atoms with E-state index in [2.05, 4.69) is 129 Å². The predicted molar refractivity (Wildman–Crippen MR) is 203 cm³/mol. The highest BCUT2D eigenvalue weighted by atomic mass is 16.5. The second kappa shape index (κ2) is 12.3.